The van der Waals surface area contributed by atoms with E-state index in [0.29, 0.717) is 43.1 Å². The van der Waals surface area contributed by atoms with Crippen molar-refractivity contribution >= 4 is 17.5 Å². The summed E-state index contributed by atoms with van der Waals surface area (Å²) in [6, 6.07) is 9.15. The molecule has 0 atom stereocenters. The number of nitrogens with zero attached hydrogens (tertiary/aromatic N) is 1. The molecule has 6 nitrogen and oxygen atoms in total. The Balaban J connectivity index is 1.80. The summed E-state index contributed by atoms with van der Waals surface area (Å²) in [7, 11) is 1.36. The number of ether oxygens (including phenoxy) is 2. The second-order valence-corrected chi connectivity index (χ2v) is 6.19. The summed E-state index contributed by atoms with van der Waals surface area (Å²) in [6.07, 6.45) is 0. The van der Waals surface area contributed by atoms with Gasteiger partial charge in [0.1, 0.15) is 0 Å². The van der Waals surface area contributed by atoms with Gasteiger partial charge in [-0.15, -0.1) is 0 Å². The Morgan fingerprint density at radius 3 is 2.59 bits per heavy atom. The quantitative estimate of drug-likeness (QED) is 0.896. The molecule has 7 heteroatoms. The van der Waals surface area contributed by atoms with E-state index in [1.165, 1.54) is 19.2 Å². The van der Waals surface area contributed by atoms with Gasteiger partial charge in [0.05, 0.1) is 20.3 Å². The van der Waals surface area contributed by atoms with Crippen LogP contribution in [0.2, 0.25) is 0 Å². The van der Waals surface area contributed by atoms with Gasteiger partial charge in [0.25, 0.3) is 11.8 Å². The molecule has 0 bridgehead atoms. The van der Waals surface area contributed by atoms with Gasteiger partial charge in [-0.3, -0.25) is 9.59 Å². The number of anilines is 1. The van der Waals surface area contributed by atoms with Crippen LogP contribution in [0.25, 0.3) is 0 Å². The summed E-state index contributed by atoms with van der Waals surface area (Å²) in [5, 5.41) is 2.75. The molecule has 1 saturated heterocycles. The number of benzene rings is 2. The van der Waals surface area contributed by atoms with Crippen molar-refractivity contribution in [3.05, 3.63) is 58.9 Å². The Kier molecular flexibility index (Phi) is 5.71. The maximum atomic E-state index is 13.8. The first-order valence-corrected chi connectivity index (χ1v) is 8.63. The van der Waals surface area contributed by atoms with E-state index < -0.39 is 11.7 Å². The molecule has 27 heavy (non-hydrogen) atoms. The number of nitrogens with one attached hydrogen (secondary N) is 1. The molecule has 1 N–H and O–H groups in total. The Labute approximate surface area is 156 Å². The third-order valence-electron chi connectivity index (χ3n) is 4.52. The van der Waals surface area contributed by atoms with Gasteiger partial charge in [-0.05, 0) is 42.8 Å². The highest BCUT2D eigenvalue weighted by Gasteiger charge is 2.21. The zero-order valence-corrected chi connectivity index (χ0v) is 15.3. The van der Waals surface area contributed by atoms with Crippen LogP contribution in [0.5, 0.6) is 5.75 Å². The SMILES string of the molecule is COc1ccc(C(=O)Nc2cccc(C(=O)N3CCOCC3)c2C)cc1F. The first kappa shape index (κ1) is 18.8. The highest BCUT2D eigenvalue weighted by molar-refractivity contribution is 6.06. The summed E-state index contributed by atoms with van der Waals surface area (Å²) >= 11 is 0. The van der Waals surface area contributed by atoms with Gasteiger partial charge in [-0.1, -0.05) is 6.07 Å². The van der Waals surface area contributed by atoms with E-state index in [-0.39, 0.29) is 17.2 Å². The lowest BCUT2D eigenvalue weighted by Gasteiger charge is -2.27. The molecule has 2 aromatic carbocycles. The maximum absolute atomic E-state index is 13.8. The topological polar surface area (TPSA) is 67.9 Å². The fourth-order valence-electron chi connectivity index (χ4n) is 2.94. The number of rotatable bonds is 4. The standard InChI is InChI=1S/C20H21FN2O4/c1-13-15(20(25)23-8-10-27-11-9-23)4-3-5-17(13)22-19(24)14-6-7-18(26-2)16(21)12-14/h3-7,12H,8-11H2,1-2H3,(H,22,24). The van der Waals surface area contributed by atoms with Crippen molar-refractivity contribution in [3.63, 3.8) is 0 Å². The van der Waals surface area contributed by atoms with E-state index in [4.69, 9.17) is 9.47 Å². The molecule has 1 aliphatic heterocycles. The molecule has 0 aromatic heterocycles. The fourth-order valence-corrected chi connectivity index (χ4v) is 2.94. The fraction of sp³-hybridized carbons (Fsp3) is 0.300. The molecule has 2 amide bonds. The Morgan fingerprint density at radius 1 is 1.19 bits per heavy atom. The number of amides is 2. The molecular weight excluding hydrogens is 351 g/mol. The van der Waals surface area contributed by atoms with Crippen LogP contribution in [-0.2, 0) is 4.74 Å². The van der Waals surface area contributed by atoms with Gasteiger partial charge in [0.2, 0.25) is 0 Å². The monoisotopic (exact) mass is 372 g/mol. The molecule has 1 aliphatic rings. The van der Waals surface area contributed by atoms with Crippen LogP contribution in [0.15, 0.2) is 36.4 Å². The number of carbonyl (C=O) groups excluding carboxylic acids is 2. The molecule has 0 spiro atoms. The molecule has 1 heterocycles. The van der Waals surface area contributed by atoms with E-state index in [1.807, 2.05) is 0 Å². The lowest BCUT2D eigenvalue weighted by Crippen LogP contribution is -2.41. The van der Waals surface area contributed by atoms with Crippen LogP contribution in [0.1, 0.15) is 26.3 Å². The predicted octanol–water partition coefficient (Wildman–Crippen LogP) is 2.87. The summed E-state index contributed by atoms with van der Waals surface area (Å²) in [5.74, 6) is -1.10. The second-order valence-electron chi connectivity index (χ2n) is 6.19. The van der Waals surface area contributed by atoms with Crippen molar-refractivity contribution in [1.82, 2.24) is 4.90 Å². The van der Waals surface area contributed by atoms with Gasteiger partial charge in [0.15, 0.2) is 11.6 Å². The smallest absolute Gasteiger partial charge is 0.255 e. The van der Waals surface area contributed by atoms with Crippen LogP contribution >= 0.6 is 0 Å². The van der Waals surface area contributed by atoms with E-state index in [1.54, 1.807) is 30.0 Å². The zero-order chi connectivity index (χ0) is 19.4. The number of carbonyl (C=O) groups is 2. The third kappa shape index (κ3) is 4.09. The minimum absolute atomic E-state index is 0.0702. The van der Waals surface area contributed by atoms with E-state index in [0.717, 1.165) is 6.07 Å². The van der Waals surface area contributed by atoms with Crippen molar-refractivity contribution in [2.45, 2.75) is 6.92 Å². The average molecular weight is 372 g/mol. The summed E-state index contributed by atoms with van der Waals surface area (Å²) in [6.45, 7) is 3.90. The van der Waals surface area contributed by atoms with Crippen LogP contribution in [0, 0.1) is 12.7 Å². The molecule has 3 rings (SSSR count). The average Bonchev–Trinajstić information content (AvgIpc) is 2.69. The van der Waals surface area contributed by atoms with Crippen molar-refractivity contribution in [1.29, 1.82) is 0 Å². The molecule has 0 aliphatic carbocycles. The first-order chi connectivity index (χ1) is 13.0. The number of hydrogen-bond donors (Lipinski definition) is 1. The predicted molar refractivity (Wildman–Crippen MR) is 98.8 cm³/mol. The van der Waals surface area contributed by atoms with E-state index in [9.17, 15) is 14.0 Å². The van der Waals surface area contributed by atoms with E-state index in [2.05, 4.69) is 5.32 Å². The van der Waals surface area contributed by atoms with Crippen molar-refractivity contribution in [2.75, 3.05) is 38.7 Å². The largest absolute Gasteiger partial charge is 0.494 e. The minimum atomic E-state index is -0.613. The van der Waals surface area contributed by atoms with Crippen LogP contribution in [0.3, 0.4) is 0 Å². The summed E-state index contributed by atoms with van der Waals surface area (Å²) in [4.78, 5) is 26.9. The number of halogens is 1. The molecule has 0 saturated carbocycles. The highest BCUT2D eigenvalue weighted by atomic mass is 19.1. The van der Waals surface area contributed by atoms with Crippen molar-refractivity contribution < 1.29 is 23.5 Å². The minimum Gasteiger partial charge on any atom is -0.494 e. The molecular formula is C20H21FN2O4. The lowest BCUT2D eigenvalue weighted by molar-refractivity contribution is 0.0302. The van der Waals surface area contributed by atoms with Crippen LogP contribution < -0.4 is 10.1 Å². The normalized spacial score (nSPS) is 14.0. The Hall–Kier alpha value is -2.93. The molecule has 0 radical (unpaired) electrons. The number of morpholine rings is 1. The van der Waals surface area contributed by atoms with Crippen LogP contribution in [-0.4, -0.2) is 50.1 Å². The second kappa shape index (κ2) is 8.18. The van der Waals surface area contributed by atoms with Gasteiger partial charge >= 0.3 is 0 Å². The van der Waals surface area contributed by atoms with Gasteiger partial charge < -0.3 is 19.7 Å². The van der Waals surface area contributed by atoms with Crippen molar-refractivity contribution in [2.24, 2.45) is 0 Å². The van der Waals surface area contributed by atoms with Gasteiger partial charge in [-0.25, -0.2) is 4.39 Å². The van der Waals surface area contributed by atoms with Gasteiger partial charge in [-0.2, -0.15) is 0 Å². The Bertz CT molecular complexity index is 863. The summed E-state index contributed by atoms with van der Waals surface area (Å²) in [5.41, 5.74) is 1.86. The molecule has 2 aromatic rings. The lowest BCUT2D eigenvalue weighted by atomic mass is 10.0. The number of hydrogen-bond acceptors (Lipinski definition) is 4. The first-order valence-electron chi connectivity index (χ1n) is 8.63. The van der Waals surface area contributed by atoms with Crippen LogP contribution in [0.4, 0.5) is 10.1 Å². The Morgan fingerprint density at radius 2 is 1.93 bits per heavy atom. The third-order valence-corrected chi connectivity index (χ3v) is 4.52. The molecule has 142 valence electrons. The van der Waals surface area contributed by atoms with Crippen molar-refractivity contribution in [3.8, 4) is 5.75 Å². The van der Waals surface area contributed by atoms with Gasteiger partial charge in [0, 0.05) is 29.9 Å². The highest BCUT2D eigenvalue weighted by Crippen LogP contribution is 2.23. The molecule has 0 unspecified atom stereocenters. The zero-order valence-electron chi connectivity index (χ0n) is 15.3. The molecule has 1 fully saturated rings. The summed E-state index contributed by atoms with van der Waals surface area (Å²) < 4.78 is 24.0. The maximum Gasteiger partial charge on any atom is 0.255 e. The number of methoxy groups -OCH3 is 1. The van der Waals surface area contributed by atoms with E-state index >= 15 is 0 Å².